The van der Waals surface area contributed by atoms with Crippen LogP contribution in [0.3, 0.4) is 0 Å². The number of aryl methyl sites for hydroxylation is 1. The molecule has 2 heterocycles. The Morgan fingerprint density at radius 2 is 2.00 bits per heavy atom. The first-order valence-electron chi connectivity index (χ1n) is 10.2. The second kappa shape index (κ2) is 9.00. The maximum atomic E-state index is 13.3. The Morgan fingerprint density at radius 1 is 1.29 bits per heavy atom. The summed E-state index contributed by atoms with van der Waals surface area (Å²) in [6.45, 7) is 8.33. The molecule has 1 amide bonds. The number of esters is 1. The molecule has 0 fully saturated rings. The largest absolute Gasteiger partial charge is 0.465 e. The number of fused-ring (bicyclic) bond motifs is 1. The quantitative estimate of drug-likeness (QED) is 0.655. The van der Waals surface area contributed by atoms with Gasteiger partial charge in [-0.25, -0.2) is 13.2 Å². The summed E-state index contributed by atoms with van der Waals surface area (Å²) in [5, 5.41) is 0. The van der Waals surface area contributed by atoms with Crippen LogP contribution in [0.15, 0.2) is 22.4 Å². The number of carbonyl (C=O) groups is 2. The topological polar surface area (TPSA) is 92.8 Å². The molecule has 1 unspecified atom stereocenters. The van der Waals surface area contributed by atoms with E-state index in [0.717, 1.165) is 28.9 Å². The number of ether oxygens (including phenoxy) is 1. The van der Waals surface area contributed by atoms with Crippen molar-refractivity contribution in [3.8, 4) is 0 Å². The fourth-order valence-electron chi connectivity index (χ4n) is 3.60. The summed E-state index contributed by atoms with van der Waals surface area (Å²) in [5.41, 5.74) is 2.98. The lowest BCUT2D eigenvalue weighted by molar-refractivity contribution is -0.135. The van der Waals surface area contributed by atoms with Gasteiger partial charge in [-0.05, 0) is 49.4 Å². The number of benzene rings is 1. The molecule has 2 aromatic rings. The van der Waals surface area contributed by atoms with E-state index in [1.165, 1.54) is 7.11 Å². The molecule has 9 heteroatoms. The van der Waals surface area contributed by atoms with Gasteiger partial charge in [0.2, 0.25) is 5.91 Å². The van der Waals surface area contributed by atoms with Gasteiger partial charge in [0.25, 0.3) is 10.0 Å². The van der Waals surface area contributed by atoms with Gasteiger partial charge in [-0.15, -0.1) is 11.3 Å². The normalized spacial score (nSPS) is 14.7. The van der Waals surface area contributed by atoms with Gasteiger partial charge in [0.1, 0.15) is 0 Å². The molecule has 31 heavy (non-hydrogen) atoms. The Bertz CT molecular complexity index is 1120. The molecule has 1 aliphatic heterocycles. The zero-order valence-electron chi connectivity index (χ0n) is 18.4. The van der Waals surface area contributed by atoms with Crippen LogP contribution in [0.2, 0.25) is 0 Å². The molecule has 1 N–H and O–H groups in total. The summed E-state index contributed by atoms with van der Waals surface area (Å²) in [4.78, 5) is 27.7. The lowest BCUT2D eigenvalue weighted by atomic mass is 10.0. The van der Waals surface area contributed by atoms with Crippen molar-refractivity contribution >= 4 is 38.9 Å². The highest BCUT2D eigenvalue weighted by atomic mass is 32.2. The van der Waals surface area contributed by atoms with E-state index in [2.05, 4.69) is 4.72 Å². The van der Waals surface area contributed by atoms with Crippen LogP contribution in [-0.4, -0.2) is 38.8 Å². The van der Waals surface area contributed by atoms with Gasteiger partial charge in [0.15, 0.2) is 4.21 Å². The average molecular weight is 465 g/mol. The Morgan fingerprint density at radius 3 is 2.65 bits per heavy atom. The monoisotopic (exact) mass is 464 g/mol. The number of nitrogens with one attached hydrogen (secondary N) is 1. The maximum absolute atomic E-state index is 13.3. The fourth-order valence-corrected chi connectivity index (χ4v) is 6.63. The SMILES string of the molecule is CCC(C)C(=O)N1CCc2c(sc(S(=O)(=O)Nc3cccc(C)c3C)c2C(=O)OC)C1. The third-order valence-electron chi connectivity index (χ3n) is 5.85. The van der Waals surface area contributed by atoms with Gasteiger partial charge in [0.05, 0.1) is 24.9 Å². The van der Waals surface area contributed by atoms with Crippen LogP contribution in [0.4, 0.5) is 5.69 Å². The van der Waals surface area contributed by atoms with Crippen molar-refractivity contribution in [1.82, 2.24) is 4.90 Å². The number of sulfonamides is 1. The van der Waals surface area contributed by atoms with Gasteiger partial charge in [-0.3, -0.25) is 9.52 Å². The highest BCUT2D eigenvalue weighted by molar-refractivity contribution is 7.94. The van der Waals surface area contributed by atoms with Crippen molar-refractivity contribution in [3.05, 3.63) is 45.3 Å². The number of anilines is 1. The average Bonchev–Trinajstić information content (AvgIpc) is 3.15. The summed E-state index contributed by atoms with van der Waals surface area (Å²) in [5.74, 6) is -0.740. The number of thiophene rings is 1. The summed E-state index contributed by atoms with van der Waals surface area (Å²) < 4.78 is 34.1. The van der Waals surface area contributed by atoms with Gasteiger partial charge in [-0.2, -0.15) is 0 Å². The minimum Gasteiger partial charge on any atom is -0.465 e. The lowest BCUT2D eigenvalue weighted by Crippen LogP contribution is -2.38. The van der Waals surface area contributed by atoms with Crippen molar-refractivity contribution in [3.63, 3.8) is 0 Å². The van der Waals surface area contributed by atoms with E-state index in [1.54, 1.807) is 17.0 Å². The summed E-state index contributed by atoms with van der Waals surface area (Å²) in [6.07, 6.45) is 1.15. The standard InChI is InChI=1S/C22H28N2O5S2/c1-6-13(2)20(25)24-11-10-16-18(12-24)30-22(19(16)21(26)29-5)31(27,28)23-17-9-7-8-14(3)15(17)4/h7-9,13,23H,6,10-12H2,1-5H3. The summed E-state index contributed by atoms with van der Waals surface area (Å²) >= 11 is 1.04. The van der Waals surface area contributed by atoms with Gasteiger partial charge in [0, 0.05) is 17.3 Å². The second-order valence-electron chi connectivity index (χ2n) is 7.83. The van der Waals surface area contributed by atoms with Crippen LogP contribution in [0, 0.1) is 19.8 Å². The molecule has 1 aromatic heterocycles. The van der Waals surface area contributed by atoms with E-state index < -0.39 is 16.0 Å². The van der Waals surface area contributed by atoms with Crippen LogP contribution in [0.25, 0.3) is 0 Å². The predicted octanol–water partition coefficient (Wildman–Crippen LogP) is 3.88. The predicted molar refractivity (Wildman–Crippen MR) is 121 cm³/mol. The van der Waals surface area contributed by atoms with E-state index >= 15 is 0 Å². The zero-order chi connectivity index (χ0) is 22.9. The molecule has 3 rings (SSSR count). The molecule has 0 radical (unpaired) electrons. The third-order valence-corrected chi connectivity index (χ3v) is 8.95. The number of hydrogen-bond acceptors (Lipinski definition) is 6. The van der Waals surface area contributed by atoms with Gasteiger partial charge >= 0.3 is 5.97 Å². The highest BCUT2D eigenvalue weighted by Crippen LogP contribution is 2.38. The number of amides is 1. The van der Waals surface area contributed by atoms with Crippen molar-refractivity contribution in [2.75, 3.05) is 18.4 Å². The fraction of sp³-hybridized carbons (Fsp3) is 0.455. The summed E-state index contributed by atoms with van der Waals surface area (Å²) in [7, 11) is -2.79. The zero-order valence-corrected chi connectivity index (χ0v) is 20.1. The lowest BCUT2D eigenvalue weighted by Gasteiger charge is -2.29. The molecule has 168 valence electrons. The van der Waals surface area contributed by atoms with Crippen molar-refractivity contribution in [2.45, 2.75) is 51.3 Å². The Hall–Kier alpha value is -2.39. The number of hydrogen-bond donors (Lipinski definition) is 1. The van der Waals surface area contributed by atoms with Crippen molar-refractivity contribution < 1.29 is 22.7 Å². The van der Waals surface area contributed by atoms with Gasteiger partial charge in [-0.1, -0.05) is 26.0 Å². The second-order valence-corrected chi connectivity index (χ2v) is 10.8. The van der Waals surface area contributed by atoms with Crippen molar-refractivity contribution in [2.24, 2.45) is 5.92 Å². The minimum atomic E-state index is -4.03. The molecule has 1 atom stereocenters. The van der Waals surface area contributed by atoms with E-state index in [1.807, 2.05) is 33.8 Å². The number of rotatable bonds is 6. The Labute approximate surface area is 187 Å². The molecule has 0 bridgehead atoms. The first kappa shape index (κ1) is 23.3. The first-order valence-corrected chi connectivity index (χ1v) is 12.5. The number of nitrogens with zero attached hydrogens (tertiary/aromatic N) is 1. The number of carbonyl (C=O) groups excluding carboxylic acids is 2. The third kappa shape index (κ3) is 4.48. The highest BCUT2D eigenvalue weighted by Gasteiger charge is 2.35. The molecule has 1 aliphatic rings. The smallest absolute Gasteiger partial charge is 0.340 e. The molecule has 0 spiro atoms. The Kier molecular flexibility index (Phi) is 6.76. The molecule has 0 saturated heterocycles. The molecule has 0 aliphatic carbocycles. The van der Waals surface area contributed by atoms with E-state index in [-0.39, 0.29) is 21.6 Å². The molecular weight excluding hydrogens is 436 g/mol. The first-order chi connectivity index (χ1) is 14.6. The van der Waals surface area contributed by atoms with E-state index in [0.29, 0.717) is 35.6 Å². The number of methoxy groups -OCH3 is 1. The van der Waals surface area contributed by atoms with Gasteiger partial charge < -0.3 is 9.64 Å². The Balaban J connectivity index is 2.03. The van der Waals surface area contributed by atoms with Crippen LogP contribution in [0.5, 0.6) is 0 Å². The minimum absolute atomic E-state index is 0.0408. The van der Waals surface area contributed by atoms with Crippen LogP contribution in [-0.2, 0) is 32.5 Å². The van der Waals surface area contributed by atoms with E-state index in [9.17, 15) is 18.0 Å². The van der Waals surface area contributed by atoms with Crippen LogP contribution < -0.4 is 4.72 Å². The maximum Gasteiger partial charge on any atom is 0.340 e. The molecule has 7 nitrogen and oxygen atoms in total. The summed E-state index contributed by atoms with van der Waals surface area (Å²) in [6, 6.07) is 5.37. The van der Waals surface area contributed by atoms with E-state index in [4.69, 9.17) is 4.74 Å². The molecule has 0 saturated carbocycles. The van der Waals surface area contributed by atoms with Crippen LogP contribution in [0.1, 0.15) is 52.2 Å². The molecular formula is C22H28N2O5S2. The van der Waals surface area contributed by atoms with Crippen molar-refractivity contribution in [1.29, 1.82) is 0 Å². The molecule has 1 aromatic carbocycles. The van der Waals surface area contributed by atoms with Crippen LogP contribution >= 0.6 is 11.3 Å².